The first kappa shape index (κ1) is 15.9. The molecule has 2 nitrogen and oxygen atoms in total. The molecule has 1 atom stereocenters. The van der Waals surface area contributed by atoms with Crippen LogP contribution >= 0.6 is 0 Å². The first-order chi connectivity index (χ1) is 7.73. The van der Waals surface area contributed by atoms with Gasteiger partial charge in [-0.2, -0.15) is 0 Å². The first-order valence-electron chi connectivity index (χ1n) is 7.13. The minimum atomic E-state index is 0.562. The number of hydrogen-bond acceptors (Lipinski definition) is 2. The van der Waals surface area contributed by atoms with Crippen molar-refractivity contribution >= 4 is 0 Å². The third-order valence-corrected chi connectivity index (χ3v) is 3.69. The standard InChI is InChI=1S/C10H20N2.2C2H6/c1-11-7-3-5-10(9-11)6-4-8-12(10)2;2*1-2/h3-9H2,1-2H3;2*1-2H3. The van der Waals surface area contributed by atoms with E-state index in [9.17, 15) is 0 Å². The van der Waals surface area contributed by atoms with Crippen molar-refractivity contribution in [2.24, 2.45) is 0 Å². The maximum atomic E-state index is 2.59. The van der Waals surface area contributed by atoms with Gasteiger partial charge in [0.1, 0.15) is 0 Å². The number of likely N-dealkylation sites (tertiary alicyclic amines) is 2. The molecule has 2 fully saturated rings. The highest BCUT2D eigenvalue weighted by atomic mass is 15.3. The summed E-state index contributed by atoms with van der Waals surface area (Å²) in [5.41, 5.74) is 0.562. The van der Waals surface area contributed by atoms with Crippen LogP contribution in [0, 0.1) is 0 Å². The van der Waals surface area contributed by atoms with Crippen LogP contribution in [0.25, 0.3) is 0 Å². The Hall–Kier alpha value is -0.0800. The Kier molecular flexibility index (Phi) is 8.04. The summed E-state index contributed by atoms with van der Waals surface area (Å²) in [5.74, 6) is 0. The monoisotopic (exact) mass is 228 g/mol. The predicted molar refractivity (Wildman–Crippen MR) is 74.0 cm³/mol. The molecule has 2 saturated heterocycles. The molecule has 0 aliphatic carbocycles. The van der Waals surface area contributed by atoms with Gasteiger partial charge in [-0.1, -0.05) is 27.7 Å². The summed E-state index contributed by atoms with van der Waals surface area (Å²) in [6, 6.07) is 0. The first-order valence-corrected chi connectivity index (χ1v) is 7.13. The lowest BCUT2D eigenvalue weighted by molar-refractivity contribution is 0.0720. The molecule has 16 heavy (non-hydrogen) atoms. The van der Waals surface area contributed by atoms with Gasteiger partial charge in [-0.15, -0.1) is 0 Å². The lowest BCUT2D eigenvalue weighted by Crippen LogP contribution is -2.53. The molecule has 2 aliphatic heterocycles. The molecule has 1 unspecified atom stereocenters. The fraction of sp³-hybridized carbons (Fsp3) is 1.00. The Balaban J connectivity index is 0.000000509. The van der Waals surface area contributed by atoms with Gasteiger partial charge in [0.2, 0.25) is 0 Å². The largest absolute Gasteiger partial charge is 0.305 e. The summed E-state index contributed by atoms with van der Waals surface area (Å²) in [5, 5.41) is 0. The molecule has 0 aromatic rings. The molecule has 0 amide bonds. The summed E-state index contributed by atoms with van der Waals surface area (Å²) < 4.78 is 0. The smallest absolute Gasteiger partial charge is 0.0334 e. The quantitative estimate of drug-likeness (QED) is 0.628. The van der Waals surface area contributed by atoms with Crippen molar-refractivity contribution in [2.45, 2.75) is 58.9 Å². The van der Waals surface area contributed by atoms with Gasteiger partial charge in [0.15, 0.2) is 0 Å². The molecule has 0 N–H and O–H groups in total. The maximum Gasteiger partial charge on any atom is 0.0334 e. The Morgan fingerprint density at radius 2 is 1.31 bits per heavy atom. The van der Waals surface area contributed by atoms with Gasteiger partial charge in [-0.25, -0.2) is 0 Å². The molecule has 0 radical (unpaired) electrons. The lowest BCUT2D eigenvalue weighted by atomic mass is 9.87. The average Bonchev–Trinajstić information content (AvgIpc) is 2.66. The van der Waals surface area contributed by atoms with Gasteiger partial charge >= 0.3 is 0 Å². The number of nitrogens with zero attached hydrogens (tertiary/aromatic N) is 2. The van der Waals surface area contributed by atoms with Crippen LogP contribution in [0.2, 0.25) is 0 Å². The van der Waals surface area contributed by atoms with Crippen molar-refractivity contribution in [3.8, 4) is 0 Å². The van der Waals surface area contributed by atoms with Crippen LogP contribution in [0.15, 0.2) is 0 Å². The van der Waals surface area contributed by atoms with Crippen molar-refractivity contribution < 1.29 is 0 Å². The highest BCUT2D eigenvalue weighted by molar-refractivity contribution is 4.98. The zero-order valence-corrected chi connectivity index (χ0v) is 12.3. The fourth-order valence-electron chi connectivity index (χ4n) is 2.93. The van der Waals surface area contributed by atoms with E-state index in [2.05, 4.69) is 23.9 Å². The van der Waals surface area contributed by atoms with Crippen LogP contribution < -0.4 is 0 Å². The summed E-state index contributed by atoms with van der Waals surface area (Å²) in [6.07, 6.45) is 5.65. The van der Waals surface area contributed by atoms with Crippen LogP contribution in [-0.2, 0) is 0 Å². The lowest BCUT2D eigenvalue weighted by Gasteiger charge is -2.43. The van der Waals surface area contributed by atoms with Crippen molar-refractivity contribution in [3.05, 3.63) is 0 Å². The number of likely N-dealkylation sites (N-methyl/N-ethyl adjacent to an activating group) is 2. The molecule has 0 aromatic carbocycles. The molecule has 0 bridgehead atoms. The van der Waals surface area contributed by atoms with Crippen LogP contribution in [0.5, 0.6) is 0 Å². The topological polar surface area (TPSA) is 6.48 Å². The van der Waals surface area contributed by atoms with E-state index in [-0.39, 0.29) is 0 Å². The summed E-state index contributed by atoms with van der Waals surface area (Å²) in [4.78, 5) is 5.08. The van der Waals surface area contributed by atoms with E-state index in [0.29, 0.717) is 5.54 Å². The van der Waals surface area contributed by atoms with Crippen LogP contribution in [0.4, 0.5) is 0 Å². The van der Waals surface area contributed by atoms with Crippen molar-refractivity contribution in [3.63, 3.8) is 0 Å². The van der Waals surface area contributed by atoms with Crippen LogP contribution in [-0.4, -0.2) is 49.1 Å². The van der Waals surface area contributed by atoms with E-state index < -0.39 is 0 Å². The average molecular weight is 228 g/mol. The minimum Gasteiger partial charge on any atom is -0.305 e. The Bertz CT molecular complexity index is 170. The van der Waals surface area contributed by atoms with Crippen molar-refractivity contribution in [1.82, 2.24) is 9.80 Å². The van der Waals surface area contributed by atoms with E-state index in [4.69, 9.17) is 0 Å². The second kappa shape index (κ2) is 8.08. The maximum absolute atomic E-state index is 2.59. The molecule has 2 heterocycles. The molecule has 2 rings (SSSR count). The molecule has 1 spiro atoms. The van der Waals surface area contributed by atoms with Gasteiger partial charge < -0.3 is 4.90 Å². The Morgan fingerprint density at radius 3 is 1.75 bits per heavy atom. The van der Waals surface area contributed by atoms with Crippen LogP contribution in [0.1, 0.15) is 53.4 Å². The number of rotatable bonds is 0. The zero-order valence-electron chi connectivity index (χ0n) is 12.3. The molecule has 2 heteroatoms. The fourth-order valence-corrected chi connectivity index (χ4v) is 2.93. The molecule has 0 aromatic heterocycles. The Labute approximate surface area is 103 Å². The van der Waals surface area contributed by atoms with Gasteiger partial charge in [0, 0.05) is 12.1 Å². The van der Waals surface area contributed by atoms with Crippen LogP contribution in [0.3, 0.4) is 0 Å². The van der Waals surface area contributed by atoms with Gasteiger partial charge in [-0.3, -0.25) is 4.90 Å². The zero-order chi connectivity index (χ0) is 12.6. The van der Waals surface area contributed by atoms with Gasteiger partial charge in [0.05, 0.1) is 0 Å². The summed E-state index contributed by atoms with van der Waals surface area (Å²) in [7, 11) is 4.55. The van der Waals surface area contributed by atoms with Crippen molar-refractivity contribution in [1.29, 1.82) is 0 Å². The van der Waals surface area contributed by atoms with E-state index >= 15 is 0 Å². The summed E-state index contributed by atoms with van der Waals surface area (Å²) in [6.45, 7) is 11.9. The molecule has 98 valence electrons. The highest BCUT2D eigenvalue weighted by Gasteiger charge is 2.40. The number of piperidine rings is 1. The van der Waals surface area contributed by atoms with Gasteiger partial charge in [0.25, 0.3) is 0 Å². The van der Waals surface area contributed by atoms with E-state index in [0.717, 1.165) is 0 Å². The third-order valence-electron chi connectivity index (χ3n) is 3.69. The molecule has 0 saturated carbocycles. The summed E-state index contributed by atoms with van der Waals surface area (Å²) >= 11 is 0. The SMILES string of the molecule is CC.CC.CN1CCCC2(CCCN2C)C1. The van der Waals surface area contributed by atoms with E-state index in [1.54, 1.807) is 0 Å². The second-order valence-electron chi connectivity index (χ2n) is 4.59. The van der Waals surface area contributed by atoms with Crippen molar-refractivity contribution in [2.75, 3.05) is 33.7 Å². The van der Waals surface area contributed by atoms with E-state index in [1.165, 1.54) is 45.3 Å². The second-order valence-corrected chi connectivity index (χ2v) is 4.59. The molecular weight excluding hydrogens is 196 g/mol. The predicted octanol–water partition coefficient (Wildman–Crippen LogP) is 3.23. The van der Waals surface area contributed by atoms with E-state index in [1.807, 2.05) is 27.7 Å². The minimum absolute atomic E-state index is 0.562. The normalized spacial score (nSPS) is 30.4. The highest BCUT2D eigenvalue weighted by Crippen LogP contribution is 2.35. The molecular formula is C14H32N2. The third kappa shape index (κ3) is 3.74. The van der Waals surface area contributed by atoms with Gasteiger partial charge in [-0.05, 0) is 52.9 Å². The Morgan fingerprint density at radius 1 is 0.812 bits per heavy atom. The molecule has 2 aliphatic rings. The number of hydrogen-bond donors (Lipinski definition) is 0.